The molecule has 20 heavy (non-hydrogen) atoms. The summed E-state index contributed by atoms with van der Waals surface area (Å²) in [6.45, 7) is 2.77. The van der Waals surface area contributed by atoms with Crippen molar-refractivity contribution < 1.29 is 9.84 Å². The molecule has 0 amide bonds. The summed E-state index contributed by atoms with van der Waals surface area (Å²) in [6.07, 6.45) is -0.575. The maximum atomic E-state index is 9.92. The fourth-order valence-corrected chi connectivity index (χ4v) is 2.71. The number of aliphatic hydroxyl groups is 1. The Morgan fingerprint density at radius 1 is 1.30 bits per heavy atom. The second-order valence-corrected chi connectivity index (χ2v) is 5.93. The van der Waals surface area contributed by atoms with E-state index in [0.29, 0.717) is 17.3 Å². The number of benzene rings is 1. The van der Waals surface area contributed by atoms with Crippen LogP contribution in [0.4, 0.5) is 0 Å². The molecule has 2 rings (SSSR count). The molecular formula is C15H18ClNO2S. The van der Waals surface area contributed by atoms with Gasteiger partial charge in [0.25, 0.3) is 0 Å². The summed E-state index contributed by atoms with van der Waals surface area (Å²) in [7, 11) is 0. The molecule has 2 unspecified atom stereocenters. The van der Waals surface area contributed by atoms with Gasteiger partial charge in [-0.2, -0.15) is 0 Å². The van der Waals surface area contributed by atoms with Crippen LogP contribution in [0.1, 0.15) is 17.8 Å². The van der Waals surface area contributed by atoms with Crippen molar-refractivity contribution in [1.82, 2.24) is 5.32 Å². The largest absolute Gasteiger partial charge is 0.489 e. The van der Waals surface area contributed by atoms with Crippen molar-refractivity contribution in [2.75, 3.05) is 13.2 Å². The van der Waals surface area contributed by atoms with E-state index in [1.54, 1.807) is 23.5 Å². The van der Waals surface area contributed by atoms with Gasteiger partial charge in [0.15, 0.2) is 0 Å². The predicted molar refractivity (Wildman–Crippen MR) is 83.7 cm³/mol. The summed E-state index contributed by atoms with van der Waals surface area (Å²) in [5.74, 6) is 0.597. The maximum Gasteiger partial charge on any atom is 0.138 e. The van der Waals surface area contributed by atoms with Crippen molar-refractivity contribution in [3.05, 3.63) is 51.7 Å². The van der Waals surface area contributed by atoms with Crippen LogP contribution in [0.2, 0.25) is 5.02 Å². The highest BCUT2D eigenvalue weighted by molar-refractivity contribution is 7.10. The zero-order valence-electron chi connectivity index (χ0n) is 11.3. The number of nitrogens with one attached hydrogen (secondary N) is 1. The summed E-state index contributed by atoms with van der Waals surface area (Å²) in [5, 5.41) is 15.8. The van der Waals surface area contributed by atoms with Gasteiger partial charge in [0.1, 0.15) is 18.5 Å². The molecule has 0 fully saturated rings. The number of rotatable bonds is 7. The van der Waals surface area contributed by atoms with E-state index in [0.717, 1.165) is 0 Å². The predicted octanol–water partition coefficient (Wildman–Crippen LogP) is 3.49. The molecule has 0 aliphatic heterocycles. The Kier molecular flexibility index (Phi) is 5.86. The third-order valence-electron chi connectivity index (χ3n) is 2.90. The van der Waals surface area contributed by atoms with Crippen LogP contribution in [-0.2, 0) is 0 Å². The summed E-state index contributed by atoms with van der Waals surface area (Å²) >= 11 is 7.68. The second kappa shape index (κ2) is 7.64. The summed E-state index contributed by atoms with van der Waals surface area (Å²) < 4.78 is 5.50. The highest BCUT2D eigenvalue weighted by atomic mass is 35.5. The molecule has 0 aliphatic carbocycles. The summed E-state index contributed by atoms with van der Waals surface area (Å²) in [5.41, 5.74) is 0. The minimum Gasteiger partial charge on any atom is -0.489 e. The van der Waals surface area contributed by atoms with Crippen LogP contribution in [-0.4, -0.2) is 24.4 Å². The van der Waals surface area contributed by atoms with Crippen LogP contribution in [0, 0.1) is 0 Å². The topological polar surface area (TPSA) is 41.5 Å². The van der Waals surface area contributed by atoms with Crippen molar-refractivity contribution in [2.24, 2.45) is 0 Å². The minimum absolute atomic E-state index is 0.216. The van der Waals surface area contributed by atoms with E-state index in [1.807, 2.05) is 23.6 Å². The van der Waals surface area contributed by atoms with E-state index in [4.69, 9.17) is 16.3 Å². The van der Waals surface area contributed by atoms with Crippen molar-refractivity contribution >= 4 is 22.9 Å². The van der Waals surface area contributed by atoms with Gasteiger partial charge in [-0.25, -0.2) is 0 Å². The Bertz CT molecular complexity index is 518. The van der Waals surface area contributed by atoms with E-state index >= 15 is 0 Å². The lowest BCUT2D eigenvalue weighted by molar-refractivity contribution is 0.104. The first-order chi connectivity index (χ1) is 9.66. The molecule has 2 aromatic rings. The number of halogens is 1. The Balaban J connectivity index is 1.73. The van der Waals surface area contributed by atoms with E-state index in [9.17, 15) is 5.11 Å². The molecule has 1 aromatic heterocycles. The fraction of sp³-hybridized carbons (Fsp3) is 0.333. The van der Waals surface area contributed by atoms with Crippen LogP contribution >= 0.6 is 22.9 Å². The smallest absolute Gasteiger partial charge is 0.138 e. The number of hydrogen-bond acceptors (Lipinski definition) is 4. The molecule has 108 valence electrons. The minimum atomic E-state index is -0.575. The third-order valence-corrected chi connectivity index (χ3v) is 4.26. The Morgan fingerprint density at radius 3 is 2.80 bits per heavy atom. The van der Waals surface area contributed by atoms with Crippen molar-refractivity contribution in [2.45, 2.75) is 19.1 Å². The lowest BCUT2D eigenvalue weighted by Gasteiger charge is -2.17. The number of thiophene rings is 1. The van der Waals surface area contributed by atoms with Gasteiger partial charge in [-0.15, -0.1) is 11.3 Å². The average Bonchev–Trinajstić information content (AvgIpc) is 2.98. The van der Waals surface area contributed by atoms with Gasteiger partial charge >= 0.3 is 0 Å². The standard InChI is InChI=1S/C15H18ClNO2S/c1-11(15-7-4-8-20-15)17-9-12(18)10-19-14-6-3-2-5-13(14)16/h2-8,11-12,17-18H,9-10H2,1H3. The molecular weight excluding hydrogens is 294 g/mol. The third kappa shape index (κ3) is 4.49. The van der Waals surface area contributed by atoms with E-state index in [1.165, 1.54) is 4.88 Å². The molecule has 3 nitrogen and oxygen atoms in total. The molecule has 0 radical (unpaired) electrons. The zero-order chi connectivity index (χ0) is 14.4. The lowest BCUT2D eigenvalue weighted by Crippen LogP contribution is -2.32. The average molecular weight is 312 g/mol. The molecule has 0 aliphatic rings. The first-order valence-electron chi connectivity index (χ1n) is 6.49. The first-order valence-corrected chi connectivity index (χ1v) is 7.74. The Hall–Kier alpha value is -1.07. The van der Waals surface area contributed by atoms with Crippen molar-refractivity contribution in [1.29, 1.82) is 0 Å². The molecule has 0 spiro atoms. The number of aliphatic hydroxyl groups excluding tert-OH is 1. The first kappa shape index (κ1) is 15.3. The highest BCUT2D eigenvalue weighted by Gasteiger charge is 2.10. The van der Waals surface area contributed by atoms with Crippen LogP contribution in [0.15, 0.2) is 41.8 Å². The Labute approximate surface area is 128 Å². The lowest BCUT2D eigenvalue weighted by atomic mass is 10.2. The maximum absolute atomic E-state index is 9.92. The molecule has 1 heterocycles. The van der Waals surface area contributed by atoms with E-state index in [-0.39, 0.29) is 12.6 Å². The Morgan fingerprint density at radius 2 is 2.10 bits per heavy atom. The normalized spacial score (nSPS) is 13.9. The van der Waals surface area contributed by atoms with Gasteiger partial charge in [-0.05, 0) is 30.5 Å². The van der Waals surface area contributed by atoms with Crippen LogP contribution < -0.4 is 10.1 Å². The fourth-order valence-electron chi connectivity index (χ4n) is 1.76. The van der Waals surface area contributed by atoms with Crippen LogP contribution in [0.3, 0.4) is 0 Å². The van der Waals surface area contributed by atoms with Gasteiger partial charge in [0, 0.05) is 17.5 Å². The summed E-state index contributed by atoms with van der Waals surface area (Å²) in [4.78, 5) is 1.25. The molecule has 0 saturated carbocycles. The highest BCUT2D eigenvalue weighted by Crippen LogP contribution is 2.23. The van der Waals surface area contributed by atoms with Crippen molar-refractivity contribution in [3.8, 4) is 5.75 Å². The van der Waals surface area contributed by atoms with Gasteiger partial charge in [0.2, 0.25) is 0 Å². The molecule has 5 heteroatoms. The quantitative estimate of drug-likeness (QED) is 0.822. The zero-order valence-corrected chi connectivity index (χ0v) is 12.8. The molecule has 0 bridgehead atoms. The summed E-state index contributed by atoms with van der Waals surface area (Å²) in [6, 6.07) is 11.6. The SMILES string of the molecule is CC(NCC(O)COc1ccccc1Cl)c1cccs1. The molecule has 2 N–H and O–H groups in total. The second-order valence-electron chi connectivity index (χ2n) is 4.54. The number of ether oxygens (including phenoxy) is 1. The van der Waals surface area contributed by atoms with E-state index < -0.39 is 6.10 Å². The number of hydrogen-bond donors (Lipinski definition) is 2. The molecule has 1 aromatic carbocycles. The molecule has 2 atom stereocenters. The van der Waals surface area contributed by atoms with Crippen molar-refractivity contribution in [3.63, 3.8) is 0 Å². The van der Waals surface area contributed by atoms with Gasteiger partial charge in [-0.3, -0.25) is 0 Å². The van der Waals surface area contributed by atoms with Gasteiger partial charge in [-0.1, -0.05) is 29.8 Å². The van der Waals surface area contributed by atoms with Gasteiger partial charge < -0.3 is 15.2 Å². The monoisotopic (exact) mass is 311 g/mol. The molecule has 0 saturated heterocycles. The number of para-hydroxylation sites is 1. The van der Waals surface area contributed by atoms with Crippen LogP contribution in [0.25, 0.3) is 0 Å². The van der Waals surface area contributed by atoms with Crippen LogP contribution in [0.5, 0.6) is 5.75 Å². The van der Waals surface area contributed by atoms with E-state index in [2.05, 4.69) is 18.3 Å². The van der Waals surface area contributed by atoms with Gasteiger partial charge in [0.05, 0.1) is 5.02 Å².